The molecular weight excluding hydrogens is 308 g/mol. The Labute approximate surface area is 149 Å². The van der Waals surface area contributed by atoms with E-state index in [1.165, 1.54) is 17.8 Å². The van der Waals surface area contributed by atoms with Gasteiger partial charge in [0.15, 0.2) is 5.65 Å². The zero-order valence-corrected chi connectivity index (χ0v) is 15.5. The second-order valence-corrected chi connectivity index (χ2v) is 7.67. The number of benzene rings is 1. The Kier molecular flexibility index (Phi) is 3.98. The van der Waals surface area contributed by atoms with Crippen molar-refractivity contribution in [3.63, 3.8) is 0 Å². The maximum absolute atomic E-state index is 4.87. The van der Waals surface area contributed by atoms with E-state index in [-0.39, 0.29) is 0 Å². The molecule has 130 valence electrons. The van der Waals surface area contributed by atoms with Gasteiger partial charge in [0.1, 0.15) is 5.82 Å². The fourth-order valence-corrected chi connectivity index (χ4v) is 4.24. The third-order valence-electron chi connectivity index (χ3n) is 5.13. The van der Waals surface area contributed by atoms with Gasteiger partial charge in [-0.1, -0.05) is 44.2 Å². The standard InChI is InChI=1S/C21H26N4/c1-14-10-15(2)13-24(12-14)19-11-16(3)22-21-20(17(4)23-25(19)21)18-8-6-5-7-9-18/h5-9,11,14-15H,10,12-13H2,1-4H3/t14-,15-/m1/s1. The summed E-state index contributed by atoms with van der Waals surface area (Å²) in [5.41, 5.74) is 5.36. The molecule has 1 fully saturated rings. The number of rotatable bonds is 2. The van der Waals surface area contributed by atoms with Crippen LogP contribution in [0.4, 0.5) is 5.82 Å². The molecule has 4 rings (SSSR count). The minimum Gasteiger partial charge on any atom is -0.356 e. The van der Waals surface area contributed by atoms with Crippen LogP contribution >= 0.6 is 0 Å². The highest BCUT2D eigenvalue weighted by Gasteiger charge is 2.25. The molecule has 3 aromatic rings. The van der Waals surface area contributed by atoms with E-state index in [2.05, 4.69) is 67.4 Å². The van der Waals surface area contributed by atoms with Crippen molar-refractivity contribution in [1.29, 1.82) is 0 Å². The molecule has 1 aromatic carbocycles. The van der Waals surface area contributed by atoms with Gasteiger partial charge < -0.3 is 4.90 Å². The van der Waals surface area contributed by atoms with Crippen LogP contribution in [0.5, 0.6) is 0 Å². The Balaban J connectivity index is 1.90. The van der Waals surface area contributed by atoms with Crippen LogP contribution in [0.1, 0.15) is 31.7 Å². The van der Waals surface area contributed by atoms with E-state index in [1.54, 1.807) is 0 Å². The highest BCUT2D eigenvalue weighted by atomic mass is 15.4. The molecule has 0 unspecified atom stereocenters. The summed E-state index contributed by atoms with van der Waals surface area (Å²) in [4.78, 5) is 7.33. The number of anilines is 1. The molecule has 0 spiro atoms. The lowest BCUT2D eigenvalue weighted by atomic mass is 9.92. The van der Waals surface area contributed by atoms with E-state index in [0.29, 0.717) is 11.8 Å². The van der Waals surface area contributed by atoms with Gasteiger partial charge in [0.25, 0.3) is 0 Å². The Morgan fingerprint density at radius 2 is 1.68 bits per heavy atom. The van der Waals surface area contributed by atoms with Gasteiger partial charge in [-0.3, -0.25) is 0 Å². The van der Waals surface area contributed by atoms with E-state index in [1.807, 2.05) is 6.07 Å². The van der Waals surface area contributed by atoms with Crippen LogP contribution < -0.4 is 4.90 Å². The normalized spacial score (nSPS) is 21.0. The van der Waals surface area contributed by atoms with Crippen molar-refractivity contribution in [2.24, 2.45) is 11.8 Å². The molecule has 0 radical (unpaired) electrons. The van der Waals surface area contributed by atoms with E-state index >= 15 is 0 Å². The van der Waals surface area contributed by atoms with Crippen LogP contribution in [0, 0.1) is 25.7 Å². The van der Waals surface area contributed by atoms with E-state index in [4.69, 9.17) is 10.1 Å². The van der Waals surface area contributed by atoms with Gasteiger partial charge >= 0.3 is 0 Å². The molecule has 0 saturated carbocycles. The largest absolute Gasteiger partial charge is 0.356 e. The summed E-state index contributed by atoms with van der Waals surface area (Å²) in [7, 11) is 0. The highest BCUT2D eigenvalue weighted by molar-refractivity contribution is 5.81. The fraction of sp³-hybridized carbons (Fsp3) is 0.429. The third kappa shape index (κ3) is 2.90. The topological polar surface area (TPSA) is 33.4 Å². The fourth-order valence-electron chi connectivity index (χ4n) is 4.24. The number of nitrogens with zero attached hydrogens (tertiary/aromatic N) is 4. The average molecular weight is 334 g/mol. The Bertz CT molecular complexity index is 887. The van der Waals surface area contributed by atoms with E-state index in [9.17, 15) is 0 Å². The molecule has 25 heavy (non-hydrogen) atoms. The van der Waals surface area contributed by atoms with Crippen molar-refractivity contribution in [2.45, 2.75) is 34.1 Å². The molecule has 2 aromatic heterocycles. The second kappa shape index (κ2) is 6.17. The van der Waals surface area contributed by atoms with Gasteiger partial charge in [0, 0.05) is 30.4 Å². The minimum absolute atomic E-state index is 0.706. The third-order valence-corrected chi connectivity index (χ3v) is 5.13. The molecule has 1 saturated heterocycles. The minimum atomic E-state index is 0.706. The number of aryl methyl sites for hydroxylation is 2. The summed E-state index contributed by atoms with van der Waals surface area (Å²) in [5.74, 6) is 2.58. The van der Waals surface area contributed by atoms with Crippen LogP contribution in [-0.2, 0) is 0 Å². The molecule has 3 heterocycles. The Morgan fingerprint density at radius 3 is 2.36 bits per heavy atom. The molecule has 0 aliphatic carbocycles. The zero-order chi connectivity index (χ0) is 17.6. The van der Waals surface area contributed by atoms with Crippen molar-refractivity contribution in [1.82, 2.24) is 14.6 Å². The van der Waals surface area contributed by atoms with Crippen molar-refractivity contribution in [3.8, 4) is 11.1 Å². The predicted octanol–water partition coefficient (Wildman–Crippen LogP) is 4.50. The molecule has 0 amide bonds. The molecule has 0 N–H and O–H groups in total. The molecule has 1 aliphatic rings. The monoisotopic (exact) mass is 334 g/mol. The van der Waals surface area contributed by atoms with Crippen molar-refractivity contribution < 1.29 is 0 Å². The Morgan fingerprint density at radius 1 is 1.00 bits per heavy atom. The van der Waals surface area contributed by atoms with Crippen LogP contribution in [0.3, 0.4) is 0 Å². The molecule has 4 heteroatoms. The zero-order valence-electron chi connectivity index (χ0n) is 15.5. The first-order valence-electron chi connectivity index (χ1n) is 9.20. The van der Waals surface area contributed by atoms with Crippen molar-refractivity contribution >= 4 is 11.5 Å². The van der Waals surface area contributed by atoms with Gasteiger partial charge in [0.2, 0.25) is 0 Å². The molecule has 4 nitrogen and oxygen atoms in total. The lowest BCUT2D eigenvalue weighted by Gasteiger charge is -2.36. The highest BCUT2D eigenvalue weighted by Crippen LogP contribution is 2.32. The van der Waals surface area contributed by atoms with Crippen LogP contribution in [-0.4, -0.2) is 27.7 Å². The van der Waals surface area contributed by atoms with Crippen LogP contribution in [0.15, 0.2) is 36.4 Å². The summed E-state index contributed by atoms with van der Waals surface area (Å²) < 4.78 is 2.05. The van der Waals surface area contributed by atoms with Gasteiger partial charge in [-0.15, -0.1) is 0 Å². The molecule has 0 bridgehead atoms. The van der Waals surface area contributed by atoms with E-state index < -0.39 is 0 Å². The number of hydrogen-bond donors (Lipinski definition) is 0. The summed E-state index contributed by atoms with van der Waals surface area (Å²) >= 11 is 0. The number of piperidine rings is 1. The lowest BCUT2D eigenvalue weighted by molar-refractivity contribution is 0.354. The molecular formula is C21H26N4. The molecule has 2 atom stereocenters. The SMILES string of the molecule is Cc1cc(N2C[C@H](C)C[C@@H](C)C2)n2nc(C)c(-c3ccccc3)c2n1. The van der Waals surface area contributed by atoms with Crippen LogP contribution in [0.25, 0.3) is 16.8 Å². The number of fused-ring (bicyclic) bond motifs is 1. The Hall–Kier alpha value is -2.36. The van der Waals surface area contributed by atoms with Gasteiger partial charge in [-0.25, -0.2) is 4.98 Å². The first-order chi connectivity index (χ1) is 12.0. The van der Waals surface area contributed by atoms with Crippen LogP contribution in [0.2, 0.25) is 0 Å². The average Bonchev–Trinajstić information content (AvgIpc) is 2.89. The quantitative estimate of drug-likeness (QED) is 0.692. The lowest BCUT2D eigenvalue weighted by Crippen LogP contribution is -2.39. The maximum Gasteiger partial charge on any atom is 0.165 e. The summed E-state index contributed by atoms with van der Waals surface area (Å²) in [6.45, 7) is 11.0. The van der Waals surface area contributed by atoms with Gasteiger partial charge in [-0.2, -0.15) is 9.61 Å². The smallest absolute Gasteiger partial charge is 0.165 e. The first kappa shape index (κ1) is 16.1. The second-order valence-electron chi connectivity index (χ2n) is 7.67. The first-order valence-corrected chi connectivity index (χ1v) is 9.20. The summed E-state index contributed by atoms with van der Waals surface area (Å²) in [5, 5.41) is 4.87. The van der Waals surface area contributed by atoms with Gasteiger partial charge in [-0.05, 0) is 37.7 Å². The predicted molar refractivity (Wildman–Crippen MR) is 103 cm³/mol. The van der Waals surface area contributed by atoms with Crippen molar-refractivity contribution in [2.75, 3.05) is 18.0 Å². The number of aromatic nitrogens is 3. The maximum atomic E-state index is 4.87. The van der Waals surface area contributed by atoms with E-state index in [0.717, 1.165) is 35.7 Å². The number of hydrogen-bond acceptors (Lipinski definition) is 3. The molecule has 1 aliphatic heterocycles. The summed E-state index contributed by atoms with van der Waals surface area (Å²) in [6, 6.07) is 12.6. The summed E-state index contributed by atoms with van der Waals surface area (Å²) in [6.07, 6.45) is 1.30. The van der Waals surface area contributed by atoms with Gasteiger partial charge in [0.05, 0.1) is 5.69 Å². The van der Waals surface area contributed by atoms with Crippen molar-refractivity contribution in [3.05, 3.63) is 47.8 Å².